The van der Waals surface area contributed by atoms with Gasteiger partial charge in [0.05, 0.1) is 38.4 Å². The third kappa shape index (κ3) is 4.34. The molecular formula is C46H26N6S. The number of hydrogen-bond donors (Lipinski definition) is 0. The average Bonchev–Trinajstić information content (AvgIpc) is 3.89. The summed E-state index contributed by atoms with van der Waals surface area (Å²) in [6.07, 6.45) is 0. The maximum atomic E-state index is 9.52. The first-order valence-corrected chi connectivity index (χ1v) is 18.3. The first-order valence-electron chi connectivity index (χ1n) is 17.4. The number of aromatic nitrogens is 5. The van der Waals surface area contributed by atoms with E-state index in [0.717, 1.165) is 49.7 Å². The molecule has 6 nitrogen and oxygen atoms in total. The van der Waals surface area contributed by atoms with E-state index >= 15 is 0 Å². The fraction of sp³-hybridized carbons (Fsp3) is 0. The molecule has 7 heteroatoms. The molecule has 0 fully saturated rings. The molecule has 0 atom stereocenters. The quantitative estimate of drug-likeness (QED) is 0.184. The highest BCUT2D eigenvalue weighted by atomic mass is 32.1. The van der Waals surface area contributed by atoms with Gasteiger partial charge in [-0.1, -0.05) is 103 Å². The Balaban J connectivity index is 1.38. The van der Waals surface area contributed by atoms with Crippen LogP contribution in [-0.2, 0) is 0 Å². The topological polar surface area (TPSA) is 72.3 Å². The van der Waals surface area contributed by atoms with Crippen molar-refractivity contribution < 1.29 is 0 Å². The standard InChI is InChI=1S/C46H26N6S/c47-27-28-23-25-30(26-24-28)45-48-44(29-13-3-1-4-14-29)49-46(50-45)52-36-21-11-8-18-33(36)40-41-38(39-34-19-9-12-22-37(34)53-43(39)42(40)52)32-17-7-10-20-35(32)51(41)31-15-5-2-6-16-31/h1-26H. The molecule has 0 aliphatic rings. The Morgan fingerprint density at radius 3 is 1.74 bits per heavy atom. The molecule has 7 aromatic carbocycles. The van der Waals surface area contributed by atoms with Crippen LogP contribution >= 0.6 is 11.3 Å². The van der Waals surface area contributed by atoms with Crippen LogP contribution in [0.5, 0.6) is 0 Å². The first kappa shape index (κ1) is 29.6. The molecule has 0 N–H and O–H groups in total. The molecule has 0 saturated carbocycles. The summed E-state index contributed by atoms with van der Waals surface area (Å²) < 4.78 is 7.09. The SMILES string of the molecule is N#Cc1ccc(-c2nc(-c3ccccc3)nc(-n3c4ccccc4c4c3c3sc5ccccc5c3c3c5ccccc5n(-c5ccccc5)c34)n2)cc1. The fourth-order valence-corrected chi connectivity index (χ4v) is 9.19. The molecular weight excluding hydrogens is 669 g/mol. The summed E-state index contributed by atoms with van der Waals surface area (Å²) in [6, 6.07) is 56.5. The number of rotatable bonds is 4. The summed E-state index contributed by atoms with van der Waals surface area (Å²) in [6.45, 7) is 0. The van der Waals surface area contributed by atoms with Crippen LogP contribution in [0.2, 0.25) is 0 Å². The molecule has 0 aliphatic carbocycles. The van der Waals surface area contributed by atoms with Gasteiger partial charge in [-0.3, -0.25) is 4.57 Å². The van der Waals surface area contributed by atoms with E-state index in [1.54, 1.807) is 12.1 Å². The summed E-state index contributed by atoms with van der Waals surface area (Å²) >= 11 is 1.82. The molecule has 0 amide bonds. The first-order chi connectivity index (χ1) is 26.3. The average molecular weight is 695 g/mol. The normalized spacial score (nSPS) is 11.8. The number of hydrogen-bond acceptors (Lipinski definition) is 5. The lowest BCUT2D eigenvalue weighted by molar-refractivity contribution is 0.955. The van der Waals surface area contributed by atoms with Gasteiger partial charge in [0.1, 0.15) is 0 Å². The Hall–Kier alpha value is -7.14. The Morgan fingerprint density at radius 1 is 0.472 bits per heavy atom. The van der Waals surface area contributed by atoms with Gasteiger partial charge in [-0.2, -0.15) is 15.2 Å². The van der Waals surface area contributed by atoms with E-state index in [0.29, 0.717) is 23.2 Å². The van der Waals surface area contributed by atoms with Crippen molar-refractivity contribution in [3.8, 4) is 40.5 Å². The number of nitriles is 1. The van der Waals surface area contributed by atoms with Crippen molar-refractivity contribution >= 4 is 75.1 Å². The Bertz CT molecular complexity index is 3280. The van der Waals surface area contributed by atoms with Gasteiger partial charge in [-0.15, -0.1) is 11.3 Å². The van der Waals surface area contributed by atoms with Crippen LogP contribution in [0.25, 0.3) is 98.2 Å². The molecule has 4 heterocycles. The van der Waals surface area contributed by atoms with Gasteiger partial charge < -0.3 is 4.57 Å². The van der Waals surface area contributed by atoms with E-state index in [9.17, 15) is 5.26 Å². The molecule has 11 aromatic rings. The van der Waals surface area contributed by atoms with Crippen LogP contribution in [0.1, 0.15) is 5.56 Å². The van der Waals surface area contributed by atoms with Crippen molar-refractivity contribution in [1.82, 2.24) is 24.1 Å². The van der Waals surface area contributed by atoms with Crippen molar-refractivity contribution in [2.24, 2.45) is 0 Å². The molecule has 0 aliphatic heterocycles. The lowest BCUT2D eigenvalue weighted by atomic mass is 10.0. The highest BCUT2D eigenvalue weighted by Crippen LogP contribution is 2.51. The minimum atomic E-state index is 0.532. The van der Waals surface area contributed by atoms with Crippen LogP contribution in [0.4, 0.5) is 0 Å². The van der Waals surface area contributed by atoms with E-state index in [-0.39, 0.29) is 0 Å². The van der Waals surface area contributed by atoms with Gasteiger partial charge in [0.2, 0.25) is 5.95 Å². The maximum absolute atomic E-state index is 9.52. The summed E-state index contributed by atoms with van der Waals surface area (Å²) in [5, 5.41) is 16.7. The molecule has 4 aromatic heterocycles. The van der Waals surface area contributed by atoms with E-state index in [4.69, 9.17) is 15.0 Å². The van der Waals surface area contributed by atoms with Gasteiger partial charge >= 0.3 is 0 Å². The van der Waals surface area contributed by atoms with Crippen LogP contribution in [0.3, 0.4) is 0 Å². The molecule has 0 spiro atoms. The van der Waals surface area contributed by atoms with Gasteiger partial charge in [0, 0.05) is 53.8 Å². The van der Waals surface area contributed by atoms with E-state index in [1.807, 2.05) is 53.8 Å². The predicted molar refractivity (Wildman–Crippen MR) is 217 cm³/mol. The van der Waals surface area contributed by atoms with Crippen LogP contribution in [0.15, 0.2) is 158 Å². The van der Waals surface area contributed by atoms with Gasteiger partial charge in [-0.25, -0.2) is 4.98 Å². The van der Waals surface area contributed by atoms with Crippen LogP contribution in [-0.4, -0.2) is 24.1 Å². The molecule has 0 radical (unpaired) electrons. The number of benzene rings is 7. The van der Waals surface area contributed by atoms with E-state index in [2.05, 4.69) is 118 Å². The fourth-order valence-electron chi connectivity index (χ4n) is 7.94. The van der Waals surface area contributed by atoms with Crippen LogP contribution in [0, 0.1) is 11.3 Å². The third-order valence-corrected chi connectivity index (χ3v) is 11.4. The Kier molecular flexibility index (Phi) is 6.38. The molecule has 53 heavy (non-hydrogen) atoms. The summed E-state index contributed by atoms with van der Waals surface area (Å²) in [5.41, 5.74) is 7.77. The Morgan fingerprint density at radius 2 is 1.04 bits per heavy atom. The number of thiophene rings is 1. The molecule has 0 bridgehead atoms. The predicted octanol–water partition coefficient (Wildman–Crippen LogP) is 11.6. The van der Waals surface area contributed by atoms with Crippen molar-refractivity contribution in [2.75, 3.05) is 0 Å². The maximum Gasteiger partial charge on any atom is 0.238 e. The van der Waals surface area contributed by atoms with Gasteiger partial charge in [-0.05, 0) is 54.6 Å². The summed E-state index contributed by atoms with van der Waals surface area (Å²) in [5.74, 6) is 1.65. The van der Waals surface area contributed by atoms with Crippen molar-refractivity contribution in [1.29, 1.82) is 5.26 Å². The Labute approximate surface area is 307 Å². The second-order valence-electron chi connectivity index (χ2n) is 13.1. The van der Waals surface area contributed by atoms with E-state index < -0.39 is 0 Å². The minimum Gasteiger partial charge on any atom is -0.309 e. The monoisotopic (exact) mass is 694 g/mol. The van der Waals surface area contributed by atoms with Gasteiger partial charge in [0.15, 0.2) is 11.6 Å². The molecule has 11 rings (SSSR count). The number of para-hydroxylation sites is 3. The smallest absolute Gasteiger partial charge is 0.238 e. The summed E-state index contributed by atoms with van der Waals surface area (Å²) in [4.78, 5) is 15.5. The second-order valence-corrected chi connectivity index (χ2v) is 14.2. The molecule has 0 unspecified atom stereocenters. The lowest BCUT2D eigenvalue weighted by Gasteiger charge is -2.12. The minimum absolute atomic E-state index is 0.532. The molecule has 0 saturated heterocycles. The molecule has 246 valence electrons. The zero-order chi connectivity index (χ0) is 35.0. The van der Waals surface area contributed by atoms with E-state index in [1.165, 1.54) is 30.9 Å². The second kappa shape index (κ2) is 11.4. The zero-order valence-electron chi connectivity index (χ0n) is 28.1. The third-order valence-electron chi connectivity index (χ3n) is 10.2. The van der Waals surface area contributed by atoms with Crippen molar-refractivity contribution in [3.63, 3.8) is 0 Å². The van der Waals surface area contributed by atoms with Crippen molar-refractivity contribution in [2.45, 2.75) is 0 Å². The van der Waals surface area contributed by atoms with Crippen molar-refractivity contribution in [3.05, 3.63) is 163 Å². The van der Waals surface area contributed by atoms with Gasteiger partial charge in [0.25, 0.3) is 0 Å². The highest BCUT2D eigenvalue weighted by molar-refractivity contribution is 7.27. The zero-order valence-corrected chi connectivity index (χ0v) is 28.9. The largest absolute Gasteiger partial charge is 0.309 e. The summed E-state index contributed by atoms with van der Waals surface area (Å²) in [7, 11) is 0. The lowest BCUT2D eigenvalue weighted by Crippen LogP contribution is -2.06. The highest BCUT2D eigenvalue weighted by Gasteiger charge is 2.27. The number of fused-ring (bicyclic) bond motifs is 12. The van der Waals surface area contributed by atoms with Crippen LogP contribution < -0.4 is 0 Å². The number of nitrogens with zero attached hydrogens (tertiary/aromatic N) is 6.